The lowest BCUT2D eigenvalue weighted by Crippen LogP contribution is -2.58. The zero-order chi connectivity index (χ0) is 18.8. The Morgan fingerprint density at radius 2 is 1.80 bits per heavy atom. The molecule has 0 N–H and O–H groups in total. The summed E-state index contributed by atoms with van der Waals surface area (Å²) in [5.41, 5.74) is 0.453. The van der Waals surface area contributed by atoms with E-state index in [9.17, 15) is 12.8 Å². The molecule has 0 aliphatic carbocycles. The van der Waals surface area contributed by atoms with Gasteiger partial charge in [0.1, 0.15) is 5.82 Å². The zero-order valence-corrected chi connectivity index (χ0v) is 16.7. The van der Waals surface area contributed by atoms with Crippen molar-refractivity contribution in [3.8, 4) is 0 Å². The van der Waals surface area contributed by atoms with Crippen LogP contribution in [0.3, 0.4) is 0 Å². The van der Waals surface area contributed by atoms with Crippen LogP contribution in [0.25, 0.3) is 0 Å². The Morgan fingerprint density at radius 3 is 2.32 bits per heavy atom. The number of nitrogens with zero attached hydrogens (tertiary/aromatic N) is 3. The van der Waals surface area contributed by atoms with Crippen molar-refractivity contribution in [2.75, 3.05) is 40.3 Å². The van der Waals surface area contributed by atoms with Gasteiger partial charge < -0.3 is 4.90 Å². The van der Waals surface area contributed by atoms with E-state index in [0.29, 0.717) is 18.7 Å². The third-order valence-electron chi connectivity index (χ3n) is 4.84. The van der Waals surface area contributed by atoms with E-state index in [1.165, 1.54) is 18.2 Å². The molecule has 0 bridgehead atoms. The third kappa shape index (κ3) is 4.78. The molecule has 0 spiro atoms. The van der Waals surface area contributed by atoms with Crippen LogP contribution < -0.4 is 0 Å². The summed E-state index contributed by atoms with van der Waals surface area (Å²) in [6, 6.07) is 4.17. The molecule has 0 aromatic heterocycles. The lowest BCUT2D eigenvalue weighted by molar-refractivity contribution is 0.0740. The van der Waals surface area contributed by atoms with E-state index in [-0.39, 0.29) is 17.0 Å². The van der Waals surface area contributed by atoms with Gasteiger partial charge in [0.05, 0.1) is 4.90 Å². The molecule has 0 radical (unpaired) electrons. The highest BCUT2D eigenvalue weighted by atomic mass is 32.2. The Balaban J connectivity index is 2.12. The second kappa shape index (κ2) is 8.12. The van der Waals surface area contributed by atoms with Gasteiger partial charge in [0, 0.05) is 31.7 Å². The Kier molecular flexibility index (Phi) is 6.59. The molecule has 2 rings (SSSR count). The largest absolute Gasteiger partial charge is 0.309 e. The van der Waals surface area contributed by atoms with Crippen LogP contribution in [0.5, 0.6) is 0 Å². The molecule has 1 fully saturated rings. The molecule has 5 nitrogen and oxygen atoms in total. The van der Waals surface area contributed by atoms with E-state index in [0.717, 1.165) is 19.5 Å². The Morgan fingerprint density at radius 1 is 1.20 bits per heavy atom. The van der Waals surface area contributed by atoms with Crippen molar-refractivity contribution >= 4 is 10.0 Å². The van der Waals surface area contributed by atoms with E-state index >= 15 is 0 Å². The summed E-state index contributed by atoms with van der Waals surface area (Å²) in [6.07, 6.45) is 1.06. The van der Waals surface area contributed by atoms with Gasteiger partial charge in [-0.05, 0) is 71.6 Å². The van der Waals surface area contributed by atoms with Crippen molar-refractivity contribution in [2.24, 2.45) is 0 Å². The first kappa shape index (κ1) is 20.3. The fraction of sp³-hybridized carbons (Fsp3) is 0.667. The molecular formula is C18H30FN3O2S. The first-order chi connectivity index (χ1) is 11.6. The molecule has 1 heterocycles. The van der Waals surface area contributed by atoms with Crippen LogP contribution in [0.1, 0.15) is 25.8 Å². The number of piperazine rings is 1. The summed E-state index contributed by atoms with van der Waals surface area (Å²) in [4.78, 5) is 4.75. The molecule has 1 saturated heterocycles. The topological polar surface area (TPSA) is 43.9 Å². The molecule has 1 aromatic carbocycles. The monoisotopic (exact) mass is 371 g/mol. The molecule has 142 valence electrons. The lowest BCUT2D eigenvalue weighted by atomic mass is 10.1. The minimum Gasteiger partial charge on any atom is -0.309 e. The summed E-state index contributed by atoms with van der Waals surface area (Å²) in [5.74, 6) is -0.413. The van der Waals surface area contributed by atoms with Gasteiger partial charge in [-0.25, -0.2) is 12.8 Å². The molecule has 0 amide bonds. The van der Waals surface area contributed by atoms with Crippen LogP contribution >= 0.6 is 0 Å². The maximum atomic E-state index is 13.3. The van der Waals surface area contributed by atoms with Crippen LogP contribution in [-0.4, -0.2) is 74.9 Å². The molecule has 0 saturated carbocycles. The van der Waals surface area contributed by atoms with Crippen molar-refractivity contribution in [1.82, 2.24) is 14.1 Å². The van der Waals surface area contributed by atoms with Crippen LogP contribution in [0.4, 0.5) is 4.39 Å². The average molecular weight is 372 g/mol. The molecule has 25 heavy (non-hydrogen) atoms. The van der Waals surface area contributed by atoms with Gasteiger partial charge in [-0.1, -0.05) is 0 Å². The molecule has 1 aliphatic heterocycles. The maximum absolute atomic E-state index is 13.3. The second-order valence-corrected chi connectivity index (χ2v) is 9.23. The summed E-state index contributed by atoms with van der Waals surface area (Å²) in [7, 11) is 0.515. The number of halogens is 1. The Bertz CT molecular complexity index is 682. The minimum absolute atomic E-state index is 0.154. The van der Waals surface area contributed by atoms with Gasteiger partial charge in [-0.2, -0.15) is 4.31 Å². The number of rotatable bonds is 6. The molecule has 1 aliphatic rings. The summed E-state index contributed by atoms with van der Waals surface area (Å²) in [5, 5.41) is 0. The summed E-state index contributed by atoms with van der Waals surface area (Å²) >= 11 is 0. The first-order valence-corrected chi connectivity index (χ1v) is 10.2. The summed E-state index contributed by atoms with van der Waals surface area (Å²) in [6.45, 7) is 8.70. The number of benzene rings is 1. The van der Waals surface area contributed by atoms with Crippen molar-refractivity contribution in [1.29, 1.82) is 0 Å². The van der Waals surface area contributed by atoms with E-state index in [4.69, 9.17) is 0 Å². The highest BCUT2D eigenvalue weighted by molar-refractivity contribution is 7.89. The summed E-state index contributed by atoms with van der Waals surface area (Å²) < 4.78 is 40.9. The van der Waals surface area contributed by atoms with E-state index < -0.39 is 15.8 Å². The molecule has 7 heteroatoms. The van der Waals surface area contributed by atoms with Crippen molar-refractivity contribution in [3.63, 3.8) is 0 Å². The fourth-order valence-electron chi connectivity index (χ4n) is 3.56. The van der Waals surface area contributed by atoms with Crippen LogP contribution in [0.2, 0.25) is 0 Å². The Hall–Kier alpha value is -1.02. The number of hydrogen-bond acceptors (Lipinski definition) is 4. The van der Waals surface area contributed by atoms with Gasteiger partial charge in [-0.3, -0.25) is 4.90 Å². The average Bonchev–Trinajstić information content (AvgIpc) is 2.49. The Labute approximate surface area is 151 Å². The molecule has 1 aromatic rings. The maximum Gasteiger partial charge on any atom is 0.243 e. The second-order valence-electron chi connectivity index (χ2n) is 7.32. The van der Waals surface area contributed by atoms with Gasteiger partial charge in [0.15, 0.2) is 0 Å². The third-order valence-corrected chi connectivity index (χ3v) is 6.84. The first-order valence-electron chi connectivity index (χ1n) is 8.79. The predicted octanol–water partition coefficient (Wildman–Crippen LogP) is 2.17. The van der Waals surface area contributed by atoms with Crippen molar-refractivity contribution in [2.45, 2.75) is 44.2 Å². The van der Waals surface area contributed by atoms with E-state index in [2.05, 4.69) is 37.7 Å². The van der Waals surface area contributed by atoms with Crippen LogP contribution in [-0.2, 0) is 10.0 Å². The van der Waals surface area contributed by atoms with Crippen molar-refractivity contribution in [3.05, 3.63) is 29.6 Å². The highest BCUT2D eigenvalue weighted by Crippen LogP contribution is 2.25. The van der Waals surface area contributed by atoms with Crippen LogP contribution in [0, 0.1) is 12.7 Å². The van der Waals surface area contributed by atoms with Gasteiger partial charge in [0.25, 0.3) is 0 Å². The van der Waals surface area contributed by atoms with E-state index in [1.807, 2.05) is 0 Å². The SMILES string of the molecule is Cc1cc(F)ccc1S(=O)(=O)N1CC(C)N(CCCN(C)C)C(C)C1. The lowest BCUT2D eigenvalue weighted by Gasteiger charge is -2.44. The fourth-order valence-corrected chi connectivity index (χ4v) is 5.36. The smallest absolute Gasteiger partial charge is 0.243 e. The predicted molar refractivity (Wildman–Crippen MR) is 98.7 cm³/mol. The van der Waals surface area contributed by atoms with E-state index in [1.54, 1.807) is 11.2 Å². The molecule has 2 unspecified atom stereocenters. The standard InChI is InChI=1S/C18H30FN3O2S/c1-14-11-17(19)7-8-18(14)25(23,24)21-12-15(2)22(16(3)13-21)10-6-9-20(4)5/h7-8,11,15-16H,6,9-10,12-13H2,1-5H3. The molecular weight excluding hydrogens is 341 g/mol. The normalized spacial score (nSPS) is 23.3. The van der Waals surface area contributed by atoms with Crippen LogP contribution in [0.15, 0.2) is 23.1 Å². The number of aryl methyl sites for hydroxylation is 1. The van der Waals surface area contributed by atoms with Gasteiger partial charge >= 0.3 is 0 Å². The highest BCUT2D eigenvalue weighted by Gasteiger charge is 2.36. The quantitative estimate of drug-likeness (QED) is 0.769. The van der Waals surface area contributed by atoms with Crippen molar-refractivity contribution < 1.29 is 12.8 Å². The number of sulfonamides is 1. The molecule has 2 atom stereocenters. The van der Waals surface area contributed by atoms with Gasteiger partial charge in [0.2, 0.25) is 10.0 Å². The van der Waals surface area contributed by atoms with Gasteiger partial charge in [-0.15, -0.1) is 0 Å². The number of hydrogen-bond donors (Lipinski definition) is 0. The zero-order valence-electron chi connectivity index (χ0n) is 15.9. The minimum atomic E-state index is -3.60.